The van der Waals surface area contributed by atoms with Crippen molar-refractivity contribution in [3.63, 3.8) is 0 Å². The highest BCUT2D eigenvalue weighted by Crippen LogP contribution is 2.18. The molecule has 3 rings (SSSR count). The number of hydrogen-bond donors (Lipinski definition) is 0. The van der Waals surface area contributed by atoms with Gasteiger partial charge in [0.05, 0.1) is 34.0 Å². The van der Waals surface area contributed by atoms with Gasteiger partial charge in [-0.15, -0.1) is 0 Å². The van der Waals surface area contributed by atoms with Crippen molar-refractivity contribution in [2.24, 2.45) is 0 Å². The molecule has 19 heavy (non-hydrogen) atoms. The van der Waals surface area contributed by atoms with Crippen molar-refractivity contribution in [3.05, 3.63) is 64.2 Å². The normalized spacial score (nSPS) is 10.8. The highest BCUT2D eigenvalue weighted by molar-refractivity contribution is 6.35. The van der Waals surface area contributed by atoms with Gasteiger partial charge in [0, 0.05) is 6.07 Å². The molecule has 94 valence electrons. The number of rotatable bonds is 1. The lowest BCUT2D eigenvalue weighted by molar-refractivity contribution is 0.619. The standard InChI is InChI=1S/C13H7ClFN3O/c14-10-2-1-3-11-12(10)13(19)18(7-17-11)9-4-8(15)5-16-6-9/h1-7H. The molecule has 0 unspecified atom stereocenters. The van der Waals surface area contributed by atoms with E-state index >= 15 is 0 Å². The van der Waals surface area contributed by atoms with Gasteiger partial charge in [0.2, 0.25) is 0 Å². The van der Waals surface area contributed by atoms with Gasteiger partial charge in [-0.1, -0.05) is 17.7 Å². The van der Waals surface area contributed by atoms with Crippen LogP contribution in [0.15, 0.2) is 47.8 Å². The van der Waals surface area contributed by atoms with Crippen molar-refractivity contribution < 1.29 is 4.39 Å². The third kappa shape index (κ3) is 1.98. The third-order valence-corrected chi connectivity index (χ3v) is 3.02. The molecule has 0 amide bonds. The van der Waals surface area contributed by atoms with Crippen molar-refractivity contribution in [2.45, 2.75) is 0 Å². The number of nitrogens with zero attached hydrogens (tertiary/aromatic N) is 3. The number of pyridine rings is 1. The fourth-order valence-corrected chi connectivity index (χ4v) is 2.09. The lowest BCUT2D eigenvalue weighted by Gasteiger charge is -2.06. The minimum absolute atomic E-state index is 0.302. The van der Waals surface area contributed by atoms with Crippen LogP contribution in [0.5, 0.6) is 0 Å². The summed E-state index contributed by atoms with van der Waals surface area (Å²) < 4.78 is 14.4. The molecule has 6 heteroatoms. The van der Waals surface area contributed by atoms with Crippen LogP contribution in [0.4, 0.5) is 4.39 Å². The van der Waals surface area contributed by atoms with Crippen LogP contribution >= 0.6 is 11.6 Å². The Morgan fingerprint density at radius 1 is 1.26 bits per heavy atom. The topological polar surface area (TPSA) is 47.8 Å². The van der Waals surface area contributed by atoms with Crippen LogP contribution in [0.2, 0.25) is 5.02 Å². The maximum atomic E-state index is 13.2. The molecule has 0 radical (unpaired) electrons. The van der Waals surface area contributed by atoms with E-state index < -0.39 is 5.82 Å². The molecule has 0 saturated carbocycles. The average molecular weight is 276 g/mol. The second kappa shape index (κ2) is 4.44. The fraction of sp³-hybridized carbons (Fsp3) is 0. The van der Waals surface area contributed by atoms with Crippen molar-refractivity contribution in [1.29, 1.82) is 0 Å². The molecule has 0 bridgehead atoms. The van der Waals surface area contributed by atoms with E-state index in [1.54, 1.807) is 18.2 Å². The molecule has 4 nitrogen and oxygen atoms in total. The van der Waals surface area contributed by atoms with Crippen molar-refractivity contribution in [1.82, 2.24) is 14.5 Å². The zero-order chi connectivity index (χ0) is 13.4. The van der Waals surface area contributed by atoms with E-state index in [2.05, 4.69) is 9.97 Å². The molecule has 0 fully saturated rings. The molecule has 0 N–H and O–H groups in total. The van der Waals surface area contributed by atoms with E-state index in [0.717, 1.165) is 6.20 Å². The van der Waals surface area contributed by atoms with Crippen LogP contribution in [-0.2, 0) is 0 Å². The Kier molecular flexibility index (Phi) is 2.76. The first-order valence-electron chi connectivity index (χ1n) is 5.43. The fourth-order valence-electron chi connectivity index (χ4n) is 1.84. The highest BCUT2D eigenvalue weighted by atomic mass is 35.5. The Balaban J connectivity index is 2.35. The summed E-state index contributed by atoms with van der Waals surface area (Å²) >= 11 is 6.01. The van der Waals surface area contributed by atoms with E-state index in [1.165, 1.54) is 23.2 Å². The van der Waals surface area contributed by atoms with E-state index in [4.69, 9.17) is 11.6 Å². The lowest BCUT2D eigenvalue weighted by Crippen LogP contribution is -2.19. The van der Waals surface area contributed by atoms with E-state index in [-0.39, 0.29) is 5.56 Å². The van der Waals surface area contributed by atoms with Crippen LogP contribution in [-0.4, -0.2) is 14.5 Å². The molecule has 0 aliphatic rings. The lowest BCUT2D eigenvalue weighted by atomic mass is 10.2. The van der Waals surface area contributed by atoms with Gasteiger partial charge in [-0.2, -0.15) is 0 Å². The molecular formula is C13H7ClFN3O. The minimum atomic E-state index is -0.524. The molecule has 2 heterocycles. The van der Waals surface area contributed by atoms with Gasteiger partial charge in [-0.3, -0.25) is 14.3 Å². The summed E-state index contributed by atoms with van der Waals surface area (Å²) in [4.78, 5) is 20.2. The van der Waals surface area contributed by atoms with Crippen LogP contribution in [0, 0.1) is 5.82 Å². The Labute approximate surface area is 112 Å². The summed E-state index contributed by atoms with van der Waals surface area (Å²) in [5.41, 5.74) is 0.445. The molecule has 3 aromatic rings. The summed E-state index contributed by atoms with van der Waals surface area (Å²) in [5, 5.41) is 0.615. The first-order chi connectivity index (χ1) is 9.16. The average Bonchev–Trinajstić information content (AvgIpc) is 2.39. The highest BCUT2D eigenvalue weighted by Gasteiger charge is 2.09. The van der Waals surface area contributed by atoms with E-state index in [0.29, 0.717) is 21.6 Å². The second-order valence-corrected chi connectivity index (χ2v) is 4.32. The van der Waals surface area contributed by atoms with E-state index in [1.807, 2.05) is 0 Å². The zero-order valence-corrected chi connectivity index (χ0v) is 10.3. The second-order valence-electron chi connectivity index (χ2n) is 3.92. The summed E-state index contributed by atoms with van der Waals surface area (Å²) in [5.74, 6) is -0.524. The maximum absolute atomic E-state index is 13.2. The van der Waals surface area contributed by atoms with Gasteiger partial charge in [0.1, 0.15) is 12.1 Å². The monoisotopic (exact) mass is 275 g/mol. The van der Waals surface area contributed by atoms with Crippen LogP contribution in [0.3, 0.4) is 0 Å². The molecular weight excluding hydrogens is 269 g/mol. The molecule has 0 saturated heterocycles. The molecule has 0 spiro atoms. The Bertz CT molecular complexity index is 831. The summed E-state index contributed by atoms with van der Waals surface area (Å²) in [6.07, 6.45) is 3.78. The molecule has 2 aromatic heterocycles. The van der Waals surface area contributed by atoms with Crippen LogP contribution in [0.1, 0.15) is 0 Å². The van der Waals surface area contributed by atoms with Gasteiger partial charge in [-0.25, -0.2) is 9.37 Å². The Morgan fingerprint density at radius 2 is 2.11 bits per heavy atom. The van der Waals surface area contributed by atoms with Gasteiger partial charge >= 0.3 is 0 Å². The number of aromatic nitrogens is 3. The minimum Gasteiger partial charge on any atom is -0.268 e. The predicted octanol–water partition coefficient (Wildman–Crippen LogP) is 2.57. The molecule has 1 aromatic carbocycles. The van der Waals surface area contributed by atoms with Crippen molar-refractivity contribution in [2.75, 3.05) is 0 Å². The van der Waals surface area contributed by atoms with Crippen molar-refractivity contribution >= 4 is 22.5 Å². The van der Waals surface area contributed by atoms with Crippen LogP contribution in [0.25, 0.3) is 16.6 Å². The number of benzene rings is 1. The SMILES string of the molecule is O=c1c2c(Cl)cccc2ncn1-c1cncc(F)c1. The van der Waals surface area contributed by atoms with Gasteiger partial charge in [0.15, 0.2) is 0 Å². The number of hydrogen-bond acceptors (Lipinski definition) is 3. The summed E-state index contributed by atoms with van der Waals surface area (Å²) in [6, 6.07) is 6.22. The Hall–Kier alpha value is -2.27. The number of fused-ring (bicyclic) bond motifs is 1. The molecule has 0 aliphatic heterocycles. The third-order valence-electron chi connectivity index (χ3n) is 2.71. The Morgan fingerprint density at radius 3 is 2.89 bits per heavy atom. The summed E-state index contributed by atoms with van der Waals surface area (Å²) in [7, 11) is 0. The first-order valence-corrected chi connectivity index (χ1v) is 5.81. The maximum Gasteiger partial charge on any atom is 0.267 e. The number of halogens is 2. The van der Waals surface area contributed by atoms with Gasteiger partial charge in [0.25, 0.3) is 5.56 Å². The first kappa shape index (κ1) is 11.8. The molecule has 0 atom stereocenters. The van der Waals surface area contributed by atoms with Gasteiger partial charge in [-0.05, 0) is 12.1 Å². The van der Waals surface area contributed by atoms with Gasteiger partial charge < -0.3 is 0 Å². The van der Waals surface area contributed by atoms with Crippen LogP contribution < -0.4 is 5.56 Å². The predicted molar refractivity (Wildman–Crippen MR) is 70.1 cm³/mol. The molecule has 0 aliphatic carbocycles. The van der Waals surface area contributed by atoms with Crippen molar-refractivity contribution in [3.8, 4) is 5.69 Å². The summed E-state index contributed by atoms with van der Waals surface area (Å²) in [6.45, 7) is 0. The smallest absolute Gasteiger partial charge is 0.267 e. The quantitative estimate of drug-likeness (QED) is 0.686. The largest absolute Gasteiger partial charge is 0.268 e. The van der Waals surface area contributed by atoms with E-state index in [9.17, 15) is 9.18 Å². The zero-order valence-electron chi connectivity index (χ0n) is 9.55.